The molecule has 3 aromatic heterocycles. The van der Waals surface area contributed by atoms with E-state index in [2.05, 4.69) is 25.0 Å². The van der Waals surface area contributed by atoms with Gasteiger partial charge in [0.15, 0.2) is 5.82 Å². The molecule has 0 atom stereocenters. The average molecular weight is 439 g/mol. The Balaban J connectivity index is 1.72. The summed E-state index contributed by atoms with van der Waals surface area (Å²) in [6.45, 7) is 0.131. The molecular formula is C22H17N9O2. The van der Waals surface area contributed by atoms with Crippen LogP contribution in [0.5, 0.6) is 0 Å². The number of amides is 2. The average Bonchev–Trinajstić information content (AvgIpc) is 2.85. The van der Waals surface area contributed by atoms with Crippen LogP contribution in [0.2, 0.25) is 0 Å². The van der Waals surface area contributed by atoms with E-state index in [1.165, 1.54) is 0 Å². The molecule has 0 bridgehead atoms. The second-order valence-electron chi connectivity index (χ2n) is 7.43. The van der Waals surface area contributed by atoms with Gasteiger partial charge in [-0.05, 0) is 29.8 Å². The number of aliphatic hydroxyl groups is 1. The van der Waals surface area contributed by atoms with Gasteiger partial charge in [-0.15, -0.1) is 0 Å². The van der Waals surface area contributed by atoms with E-state index in [-0.39, 0.29) is 12.6 Å². The van der Waals surface area contributed by atoms with Gasteiger partial charge in [0.1, 0.15) is 12.1 Å². The normalized spacial score (nSPS) is 13.1. The number of hydrogen-bond donors (Lipinski definition) is 1. The monoisotopic (exact) mass is 439 g/mol. The number of rotatable bonds is 4. The van der Waals surface area contributed by atoms with Crippen LogP contribution in [0.4, 0.5) is 21.9 Å². The molecule has 5 rings (SSSR count). The van der Waals surface area contributed by atoms with Gasteiger partial charge in [-0.2, -0.15) is 0 Å². The SMILES string of the molecule is CN1Cc2cnc3ccc(-c4cnc(CO)nc4)nc3c2N(c2cccc(N=[N+]=[N-])c2)C1=O. The van der Waals surface area contributed by atoms with Crippen molar-refractivity contribution in [3.05, 3.63) is 76.8 Å². The molecule has 1 aromatic carbocycles. The van der Waals surface area contributed by atoms with Crippen LogP contribution in [0, 0.1) is 0 Å². The maximum Gasteiger partial charge on any atom is 0.329 e. The number of hydrogen-bond acceptors (Lipinski definition) is 7. The molecule has 1 aliphatic heterocycles. The standard InChI is InChI=1S/C22H17N9O2/c1-30-11-14-10-24-18-6-5-17(13-8-25-19(12-32)26-9-13)27-20(18)21(14)31(22(30)33)16-4-2-3-15(7-16)28-29-23/h2-10,32H,11-12H2,1H3. The fourth-order valence-electron chi connectivity index (χ4n) is 3.76. The Hall–Kier alpha value is -4.60. The predicted octanol–water partition coefficient (Wildman–Crippen LogP) is 4.22. The molecule has 1 N–H and O–H groups in total. The first-order valence-electron chi connectivity index (χ1n) is 10.00. The van der Waals surface area contributed by atoms with E-state index in [1.54, 1.807) is 59.7 Å². The minimum absolute atomic E-state index is 0.240. The number of benzene rings is 1. The van der Waals surface area contributed by atoms with Crippen molar-refractivity contribution in [2.24, 2.45) is 5.11 Å². The summed E-state index contributed by atoms with van der Waals surface area (Å²) in [5, 5.41) is 12.9. The molecule has 4 aromatic rings. The van der Waals surface area contributed by atoms with Crippen LogP contribution in [0.3, 0.4) is 0 Å². The Morgan fingerprint density at radius 1 is 1.15 bits per heavy atom. The van der Waals surface area contributed by atoms with Gasteiger partial charge in [-0.25, -0.2) is 19.7 Å². The Labute approximate surface area is 187 Å². The molecule has 0 radical (unpaired) electrons. The lowest BCUT2D eigenvalue weighted by Crippen LogP contribution is -2.42. The molecule has 0 fully saturated rings. The first kappa shape index (κ1) is 20.3. The summed E-state index contributed by atoms with van der Waals surface area (Å²) >= 11 is 0. The Kier molecular flexibility index (Phi) is 5.02. The number of pyridine rings is 2. The second-order valence-corrected chi connectivity index (χ2v) is 7.43. The second kappa shape index (κ2) is 8.15. The van der Waals surface area contributed by atoms with E-state index in [0.29, 0.717) is 51.7 Å². The highest BCUT2D eigenvalue weighted by Gasteiger charge is 2.32. The number of azide groups is 1. The molecule has 0 spiro atoms. The van der Waals surface area contributed by atoms with Gasteiger partial charge in [0.25, 0.3) is 0 Å². The van der Waals surface area contributed by atoms with E-state index in [1.807, 2.05) is 12.1 Å². The first-order valence-corrected chi connectivity index (χ1v) is 10.00. The number of carbonyl (C=O) groups is 1. The molecule has 4 heterocycles. The van der Waals surface area contributed by atoms with Gasteiger partial charge < -0.3 is 10.0 Å². The molecule has 162 valence electrons. The zero-order chi connectivity index (χ0) is 22.9. The molecule has 1 aliphatic rings. The first-order chi connectivity index (χ1) is 16.1. The van der Waals surface area contributed by atoms with Crippen molar-refractivity contribution >= 4 is 34.1 Å². The topological polar surface area (TPSA) is 144 Å². The van der Waals surface area contributed by atoms with Crippen molar-refractivity contribution in [1.29, 1.82) is 0 Å². The largest absolute Gasteiger partial charge is 0.388 e. The molecule has 33 heavy (non-hydrogen) atoms. The number of aromatic nitrogens is 4. The zero-order valence-corrected chi connectivity index (χ0v) is 17.5. The van der Waals surface area contributed by atoms with Gasteiger partial charge in [0, 0.05) is 47.4 Å². The maximum absolute atomic E-state index is 13.3. The lowest BCUT2D eigenvalue weighted by Gasteiger charge is -2.35. The van der Waals surface area contributed by atoms with Crippen LogP contribution in [0.15, 0.2) is 60.1 Å². The summed E-state index contributed by atoms with van der Waals surface area (Å²) in [6.07, 6.45) is 4.93. The van der Waals surface area contributed by atoms with Crippen molar-refractivity contribution in [3.8, 4) is 11.3 Å². The fourth-order valence-corrected chi connectivity index (χ4v) is 3.76. The molecule has 0 saturated carbocycles. The van der Waals surface area contributed by atoms with Crippen LogP contribution in [0.25, 0.3) is 32.7 Å². The smallest absolute Gasteiger partial charge is 0.329 e. The molecule has 0 aliphatic carbocycles. The van der Waals surface area contributed by atoms with Gasteiger partial charge >= 0.3 is 6.03 Å². The minimum Gasteiger partial charge on any atom is -0.388 e. The van der Waals surface area contributed by atoms with Gasteiger partial charge in [-0.1, -0.05) is 17.2 Å². The quantitative estimate of drug-likeness (QED) is 0.286. The summed E-state index contributed by atoms with van der Waals surface area (Å²) in [4.78, 5) is 36.9. The van der Waals surface area contributed by atoms with E-state index in [9.17, 15) is 9.90 Å². The Morgan fingerprint density at radius 2 is 1.97 bits per heavy atom. The summed E-state index contributed by atoms with van der Waals surface area (Å²) < 4.78 is 0. The Morgan fingerprint density at radius 3 is 2.73 bits per heavy atom. The summed E-state index contributed by atoms with van der Waals surface area (Å²) in [5.74, 6) is 0.318. The van der Waals surface area contributed by atoms with E-state index in [0.717, 1.165) is 5.56 Å². The van der Waals surface area contributed by atoms with E-state index >= 15 is 0 Å². The molecule has 11 heteroatoms. The number of nitrogens with zero attached hydrogens (tertiary/aromatic N) is 9. The third-order valence-corrected chi connectivity index (χ3v) is 5.30. The molecular weight excluding hydrogens is 422 g/mol. The molecule has 0 unspecified atom stereocenters. The zero-order valence-electron chi connectivity index (χ0n) is 17.5. The highest BCUT2D eigenvalue weighted by molar-refractivity contribution is 6.08. The minimum atomic E-state index is -0.248. The summed E-state index contributed by atoms with van der Waals surface area (Å²) in [6, 6.07) is 10.2. The highest BCUT2D eigenvalue weighted by Crippen LogP contribution is 2.39. The van der Waals surface area contributed by atoms with Crippen LogP contribution in [-0.2, 0) is 13.2 Å². The number of urea groups is 1. The maximum atomic E-state index is 13.3. The molecule has 0 saturated heterocycles. The number of fused-ring (bicyclic) bond motifs is 3. The van der Waals surface area contributed by atoms with Crippen LogP contribution in [0.1, 0.15) is 11.4 Å². The third kappa shape index (κ3) is 3.57. The number of aliphatic hydroxyl groups excluding tert-OH is 1. The van der Waals surface area contributed by atoms with Gasteiger partial charge in [-0.3, -0.25) is 9.88 Å². The third-order valence-electron chi connectivity index (χ3n) is 5.30. The summed E-state index contributed by atoms with van der Waals surface area (Å²) in [7, 11) is 1.71. The van der Waals surface area contributed by atoms with E-state index < -0.39 is 0 Å². The number of anilines is 2. The van der Waals surface area contributed by atoms with Crippen LogP contribution >= 0.6 is 0 Å². The Bertz CT molecular complexity index is 1430. The van der Waals surface area contributed by atoms with Crippen molar-refractivity contribution < 1.29 is 9.90 Å². The number of carbonyl (C=O) groups excluding carboxylic acids is 1. The molecule has 11 nitrogen and oxygen atoms in total. The van der Waals surface area contributed by atoms with Crippen molar-refractivity contribution in [2.45, 2.75) is 13.2 Å². The molecule has 2 amide bonds. The predicted molar refractivity (Wildman–Crippen MR) is 121 cm³/mol. The van der Waals surface area contributed by atoms with Gasteiger partial charge in [0.2, 0.25) is 0 Å². The van der Waals surface area contributed by atoms with Crippen molar-refractivity contribution in [1.82, 2.24) is 24.8 Å². The van der Waals surface area contributed by atoms with E-state index in [4.69, 9.17) is 10.5 Å². The van der Waals surface area contributed by atoms with Crippen molar-refractivity contribution in [3.63, 3.8) is 0 Å². The summed E-state index contributed by atoms with van der Waals surface area (Å²) in [5.41, 5.74) is 13.7. The fraction of sp³-hybridized carbons (Fsp3) is 0.136. The lowest BCUT2D eigenvalue weighted by atomic mass is 10.1. The van der Waals surface area contributed by atoms with Crippen molar-refractivity contribution in [2.75, 3.05) is 11.9 Å². The van der Waals surface area contributed by atoms with Crippen LogP contribution in [-0.4, -0.2) is 43.0 Å². The highest BCUT2D eigenvalue weighted by atomic mass is 16.3. The lowest BCUT2D eigenvalue weighted by molar-refractivity contribution is 0.213. The van der Waals surface area contributed by atoms with Gasteiger partial charge in [0.05, 0.1) is 29.1 Å². The van der Waals surface area contributed by atoms with Crippen LogP contribution < -0.4 is 4.90 Å².